The molecule has 4 N–H and O–H groups in total. The lowest BCUT2D eigenvalue weighted by Crippen LogP contribution is -2.45. The zero-order valence-corrected chi connectivity index (χ0v) is 11.1. The molecule has 3 atom stereocenters. The molecule has 1 aromatic carbocycles. The van der Waals surface area contributed by atoms with Gasteiger partial charge in [-0.2, -0.15) is 0 Å². The number of amides is 1. The number of benzene rings is 1. The lowest BCUT2D eigenvalue weighted by molar-refractivity contribution is -0.126. The number of carbonyl (C=O) groups excluding carboxylic acids is 1. The van der Waals surface area contributed by atoms with Gasteiger partial charge in [-0.3, -0.25) is 4.79 Å². The third-order valence-corrected chi connectivity index (χ3v) is 3.80. The van der Waals surface area contributed by atoms with Crippen LogP contribution in [0.1, 0.15) is 24.8 Å². The Bertz CT molecular complexity index is 408. The van der Waals surface area contributed by atoms with Gasteiger partial charge < -0.3 is 16.2 Å². The lowest BCUT2D eigenvalue weighted by Gasteiger charge is -2.21. The monoisotopic (exact) mass is 262 g/mol. The van der Waals surface area contributed by atoms with Gasteiger partial charge in [-0.25, -0.2) is 0 Å². The fraction of sp³-hybridized carbons (Fsp3) is 0.533. The number of hydrogen-bond acceptors (Lipinski definition) is 3. The number of nitrogens with two attached hydrogens (primary N) is 1. The first-order chi connectivity index (χ1) is 9.20. The van der Waals surface area contributed by atoms with Gasteiger partial charge in [0.15, 0.2) is 0 Å². The molecule has 1 fully saturated rings. The normalized spacial score (nSPS) is 24.1. The Labute approximate surface area is 114 Å². The summed E-state index contributed by atoms with van der Waals surface area (Å²) < 4.78 is 0. The maximum atomic E-state index is 12.1. The van der Waals surface area contributed by atoms with E-state index >= 15 is 0 Å². The molecule has 4 heteroatoms. The minimum atomic E-state index is -0.234. The largest absolute Gasteiger partial charge is 0.394 e. The SMILES string of the molecule is NC1CCCC1C(=O)N[C@@H](CO)Cc1ccccc1. The summed E-state index contributed by atoms with van der Waals surface area (Å²) in [6, 6.07) is 9.59. The molecule has 0 spiro atoms. The van der Waals surface area contributed by atoms with Crippen LogP contribution >= 0.6 is 0 Å². The first-order valence-corrected chi connectivity index (χ1v) is 6.91. The van der Waals surface area contributed by atoms with E-state index in [0.29, 0.717) is 6.42 Å². The molecule has 1 aromatic rings. The van der Waals surface area contributed by atoms with Gasteiger partial charge in [-0.15, -0.1) is 0 Å². The predicted octanol–water partition coefficient (Wildman–Crippen LogP) is 0.834. The molecule has 104 valence electrons. The van der Waals surface area contributed by atoms with Gasteiger partial charge in [0.05, 0.1) is 18.6 Å². The van der Waals surface area contributed by atoms with Gasteiger partial charge >= 0.3 is 0 Å². The van der Waals surface area contributed by atoms with Crippen molar-refractivity contribution in [1.82, 2.24) is 5.32 Å². The van der Waals surface area contributed by atoms with E-state index in [9.17, 15) is 9.90 Å². The van der Waals surface area contributed by atoms with Crippen molar-refractivity contribution >= 4 is 5.91 Å². The van der Waals surface area contributed by atoms with Crippen LogP contribution in [0.4, 0.5) is 0 Å². The number of carbonyl (C=O) groups is 1. The molecule has 0 aromatic heterocycles. The Morgan fingerprint density at radius 3 is 2.68 bits per heavy atom. The molecule has 1 saturated carbocycles. The second-order valence-electron chi connectivity index (χ2n) is 5.28. The highest BCUT2D eigenvalue weighted by Crippen LogP contribution is 2.24. The summed E-state index contributed by atoms with van der Waals surface area (Å²) in [4.78, 5) is 12.1. The lowest BCUT2D eigenvalue weighted by atomic mass is 10.0. The van der Waals surface area contributed by atoms with E-state index in [1.54, 1.807) is 0 Å². The summed E-state index contributed by atoms with van der Waals surface area (Å²) in [5.41, 5.74) is 7.04. The van der Waals surface area contributed by atoms with Gasteiger partial charge in [0.1, 0.15) is 0 Å². The van der Waals surface area contributed by atoms with Gasteiger partial charge in [-0.05, 0) is 24.8 Å². The summed E-state index contributed by atoms with van der Waals surface area (Å²) in [5.74, 6) is -0.107. The molecule has 0 aliphatic heterocycles. The van der Waals surface area contributed by atoms with Crippen molar-refractivity contribution in [2.45, 2.75) is 37.8 Å². The minimum absolute atomic E-state index is 0.0139. The summed E-state index contributed by atoms with van der Waals surface area (Å²) in [6.45, 7) is -0.0530. The number of aliphatic hydroxyl groups is 1. The molecule has 0 heterocycles. The number of nitrogens with one attached hydrogen (secondary N) is 1. The van der Waals surface area contributed by atoms with Crippen LogP contribution in [-0.2, 0) is 11.2 Å². The van der Waals surface area contributed by atoms with E-state index in [2.05, 4.69) is 5.32 Å². The van der Waals surface area contributed by atoms with Crippen molar-refractivity contribution in [3.05, 3.63) is 35.9 Å². The molecule has 1 amide bonds. The molecule has 19 heavy (non-hydrogen) atoms. The van der Waals surface area contributed by atoms with Crippen molar-refractivity contribution < 1.29 is 9.90 Å². The third-order valence-electron chi connectivity index (χ3n) is 3.80. The molecular weight excluding hydrogens is 240 g/mol. The number of aliphatic hydroxyl groups excluding tert-OH is 1. The average Bonchev–Trinajstić information content (AvgIpc) is 2.85. The zero-order chi connectivity index (χ0) is 13.7. The molecule has 0 bridgehead atoms. The minimum Gasteiger partial charge on any atom is -0.394 e. The number of hydrogen-bond donors (Lipinski definition) is 3. The Kier molecular flexibility index (Phi) is 4.93. The molecule has 0 saturated heterocycles. The second kappa shape index (κ2) is 6.68. The summed E-state index contributed by atoms with van der Waals surface area (Å²) in [5, 5.41) is 12.3. The van der Waals surface area contributed by atoms with Crippen molar-refractivity contribution in [1.29, 1.82) is 0 Å². The van der Waals surface area contributed by atoms with E-state index < -0.39 is 0 Å². The van der Waals surface area contributed by atoms with Crippen LogP contribution in [0.3, 0.4) is 0 Å². The van der Waals surface area contributed by atoms with Crippen molar-refractivity contribution in [2.75, 3.05) is 6.61 Å². The van der Waals surface area contributed by atoms with E-state index in [1.165, 1.54) is 0 Å². The fourth-order valence-electron chi connectivity index (χ4n) is 2.68. The van der Waals surface area contributed by atoms with Gasteiger partial charge in [0.2, 0.25) is 5.91 Å². The molecule has 1 aliphatic rings. The maximum absolute atomic E-state index is 12.1. The van der Waals surface area contributed by atoms with E-state index in [0.717, 1.165) is 24.8 Å². The van der Waals surface area contributed by atoms with Crippen molar-refractivity contribution in [2.24, 2.45) is 11.7 Å². The standard InChI is InChI=1S/C15H22N2O2/c16-14-8-4-7-13(14)15(19)17-12(10-18)9-11-5-2-1-3-6-11/h1-3,5-6,12-14,18H,4,7-10,16H2,(H,17,19)/t12-,13?,14?/m1/s1. The first kappa shape index (κ1) is 14.0. The summed E-state index contributed by atoms with van der Waals surface area (Å²) >= 11 is 0. The fourth-order valence-corrected chi connectivity index (χ4v) is 2.68. The summed E-state index contributed by atoms with van der Waals surface area (Å²) in [7, 11) is 0. The Balaban J connectivity index is 1.90. The highest BCUT2D eigenvalue weighted by molar-refractivity contribution is 5.80. The molecule has 1 aliphatic carbocycles. The average molecular weight is 262 g/mol. The van der Waals surface area contributed by atoms with Crippen molar-refractivity contribution in [3.63, 3.8) is 0 Å². The topological polar surface area (TPSA) is 75.4 Å². The van der Waals surface area contributed by atoms with Crippen LogP contribution in [0.2, 0.25) is 0 Å². The predicted molar refractivity (Wildman–Crippen MR) is 74.5 cm³/mol. The van der Waals surface area contributed by atoms with Crippen LogP contribution in [0.25, 0.3) is 0 Å². The van der Waals surface area contributed by atoms with E-state index in [-0.39, 0.29) is 30.5 Å². The van der Waals surface area contributed by atoms with Crippen LogP contribution in [0, 0.1) is 5.92 Å². The van der Waals surface area contributed by atoms with Crippen LogP contribution in [-0.4, -0.2) is 29.7 Å². The van der Waals surface area contributed by atoms with E-state index in [1.807, 2.05) is 30.3 Å². The van der Waals surface area contributed by atoms with Crippen LogP contribution in [0.15, 0.2) is 30.3 Å². The van der Waals surface area contributed by atoms with Gasteiger partial charge in [0.25, 0.3) is 0 Å². The summed E-state index contributed by atoms with van der Waals surface area (Å²) in [6.07, 6.45) is 3.43. The van der Waals surface area contributed by atoms with Crippen LogP contribution in [0.5, 0.6) is 0 Å². The first-order valence-electron chi connectivity index (χ1n) is 6.91. The molecular formula is C15H22N2O2. The highest BCUT2D eigenvalue weighted by atomic mass is 16.3. The van der Waals surface area contributed by atoms with Gasteiger partial charge in [-0.1, -0.05) is 36.8 Å². The van der Waals surface area contributed by atoms with Crippen molar-refractivity contribution in [3.8, 4) is 0 Å². The quantitative estimate of drug-likeness (QED) is 0.736. The second-order valence-corrected chi connectivity index (χ2v) is 5.28. The van der Waals surface area contributed by atoms with E-state index in [4.69, 9.17) is 5.73 Å². The molecule has 2 unspecified atom stereocenters. The zero-order valence-electron chi connectivity index (χ0n) is 11.1. The molecule has 2 rings (SSSR count). The molecule has 4 nitrogen and oxygen atoms in total. The third kappa shape index (κ3) is 3.78. The van der Waals surface area contributed by atoms with Crippen LogP contribution < -0.4 is 11.1 Å². The Morgan fingerprint density at radius 2 is 2.11 bits per heavy atom. The highest BCUT2D eigenvalue weighted by Gasteiger charge is 2.31. The van der Waals surface area contributed by atoms with Gasteiger partial charge in [0, 0.05) is 6.04 Å². The molecule has 0 radical (unpaired) electrons. The number of rotatable bonds is 5. The maximum Gasteiger partial charge on any atom is 0.224 e. The Morgan fingerprint density at radius 1 is 1.37 bits per heavy atom. The smallest absolute Gasteiger partial charge is 0.224 e. The Hall–Kier alpha value is -1.39.